The fraction of sp³-hybridized carbons (Fsp3) is 0.476. The first-order chi connectivity index (χ1) is 13.4. The van der Waals surface area contributed by atoms with Gasteiger partial charge in [-0.25, -0.2) is 14.4 Å². The van der Waals surface area contributed by atoms with Crippen LogP contribution in [0, 0.1) is 18.7 Å². The molecule has 1 fully saturated rings. The van der Waals surface area contributed by atoms with Crippen molar-refractivity contribution in [1.82, 2.24) is 14.9 Å². The smallest absolute Gasteiger partial charge is 0.272 e. The van der Waals surface area contributed by atoms with Crippen molar-refractivity contribution in [2.24, 2.45) is 5.92 Å². The lowest BCUT2D eigenvalue weighted by Crippen LogP contribution is -2.49. The number of rotatable bonds is 6. The second-order valence-electron chi connectivity index (χ2n) is 7.58. The molecule has 0 bridgehead atoms. The van der Waals surface area contributed by atoms with Gasteiger partial charge >= 0.3 is 0 Å². The van der Waals surface area contributed by atoms with E-state index in [0.717, 1.165) is 24.3 Å². The van der Waals surface area contributed by atoms with Gasteiger partial charge in [0, 0.05) is 44.1 Å². The van der Waals surface area contributed by atoms with Crippen LogP contribution >= 0.6 is 0 Å². The van der Waals surface area contributed by atoms with Crippen LogP contribution in [0.15, 0.2) is 30.3 Å². The Labute approximate surface area is 165 Å². The van der Waals surface area contributed by atoms with Gasteiger partial charge in [0.25, 0.3) is 5.91 Å². The SMILES string of the molecule is Cc1cc(C(=O)N2CCN(c3ccc(F)cc3)CC2)nc(NCCC(C)C)n1. The van der Waals surface area contributed by atoms with Crippen molar-refractivity contribution < 1.29 is 9.18 Å². The molecular weight excluding hydrogens is 357 g/mol. The molecule has 1 aliphatic heterocycles. The fourth-order valence-corrected chi connectivity index (χ4v) is 3.21. The maximum absolute atomic E-state index is 13.1. The van der Waals surface area contributed by atoms with Crippen LogP contribution in [0.3, 0.4) is 0 Å². The zero-order valence-electron chi connectivity index (χ0n) is 16.8. The molecule has 0 atom stereocenters. The highest BCUT2D eigenvalue weighted by Gasteiger charge is 2.24. The topological polar surface area (TPSA) is 61.4 Å². The third kappa shape index (κ3) is 5.18. The molecule has 0 spiro atoms. The zero-order chi connectivity index (χ0) is 20.1. The predicted molar refractivity (Wildman–Crippen MR) is 109 cm³/mol. The number of piperazine rings is 1. The van der Waals surface area contributed by atoms with E-state index in [2.05, 4.69) is 34.0 Å². The van der Waals surface area contributed by atoms with E-state index in [1.165, 1.54) is 12.1 Å². The summed E-state index contributed by atoms with van der Waals surface area (Å²) in [5.41, 5.74) is 2.17. The largest absolute Gasteiger partial charge is 0.368 e. The number of aryl methyl sites for hydroxylation is 1. The molecule has 6 nitrogen and oxygen atoms in total. The van der Waals surface area contributed by atoms with E-state index in [9.17, 15) is 9.18 Å². The van der Waals surface area contributed by atoms with Crippen LogP contribution in [0.25, 0.3) is 0 Å². The highest BCUT2D eigenvalue weighted by molar-refractivity contribution is 5.92. The summed E-state index contributed by atoms with van der Waals surface area (Å²) in [4.78, 5) is 25.7. The summed E-state index contributed by atoms with van der Waals surface area (Å²) in [6, 6.07) is 8.21. The Morgan fingerprint density at radius 3 is 2.46 bits per heavy atom. The van der Waals surface area contributed by atoms with Crippen LogP contribution in [-0.2, 0) is 0 Å². The van der Waals surface area contributed by atoms with Crippen LogP contribution < -0.4 is 10.2 Å². The number of hydrogen-bond acceptors (Lipinski definition) is 5. The lowest BCUT2D eigenvalue weighted by atomic mass is 10.1. The van der Waals surface area contributed by atoms with Gasteiger partial charge in [0.2, 0.25) is 5.95 Å². The van der Waals surface area contributed by atoms with Crippen molar-refractivity contribution in [2.45, 2.75) is 27.2 Å². The summed E-state index contributed by atoms with van der Waals surface area (Å²) in [7, 11) is 0. The number of anilines is 2. The first-order valence-corrected chi connectivity index (χ1v) is 9.81. The summed E-state index contributed by atoms with van der Waals surface area (Å²) < 4.78 is 13.1. The minimum atomic E-state index is -0.241. The van der Waals surface area contributed by atoms with Gasteiger partial charge in [0.05, 0.1) is 0 Å². The van der Waals surface area contributed by atoms with Gasteiger partial charge in [0.15, 0.2) is 0 Å². The van der Waals surface area contributed by atoms with Gasteiger partial charge in [0.1, 0.15) is 11.5 Å². The lowest BCUT2D eigenvalue weighted by Gasteiger charge is -2.36. The number of carbonyl (C=O) groups is 1. The van der Waals surface area contributed by atoms with Crippen LogP contribution in [0.5, 0.6) is 0 Å². The zero-order valence-corrected chi connectivity index (χ0v) is 16.8. The van der Waals surface area contributed by atoms with Crippen molar-refractivity contribution in [3.8, 4) is 0 Å². The molecule has 1 aromatic heterocycles. The molecule has 150 valence electrons. The normalized spacial score (nSPS) is 14.5. The van der Waals surface area contributed by atoms with Crippen molar-refractivity contribution >= 4 is 17.5 Å². The molecule has 3 rings (SSSR count). The lowest BCUT2D eigenvalue weighted by molar-refractivity contribution is 0.0740. The number of aromatic nitrogens is 2. The predicted octanol–water partition coefficient (Wildman–Crippen LogP) is 3.34. The summed E-state index contributed by atoms with van der Waals surface area (Å²) >= 11 is 0. The van der Waals surface area contributed by atoms with Crippen LogP contribution in [0.2, 0.25) is 0 Å². The van der Waals surface area contributed by atoms with Crippen molar-refractivity contribution in [2.75, 3.05) is 42.9 Å². The molecule has 2 heterocycles. The number of nitrogens with zero attached hydrogens (tertiary/aromatic N) is 4. The maximum atomic E-state index is 13.1. The molecular formula is C21H28FN5O. The molecule has 1 aliphatic rings. The minimum Gasteiger partial charge on any atom is -0.368 e. The highest BCUT2D eigenvalue weighted by atomic mass is 19.1. The molecule has 0 unspecified atom stereocenters. The monoisotopic (exact) mass is 385 g/mol. The van der Waals surface area contributed by atoms with Gasteiger partial charge in [-0.2, -0.15) is 0 Å². The third-order valence-corrected chi connectivity index (χ3v) is 4.84. The summed E-state index contributed by atoms with van der Waals surface area (Å²) in [5.74, 6) is 0.787. The molecule has 1 amide bonds. The number of nitrogens with one attached hydrogen (secondary N) is 1. The van der Waals surface area contributed by atoms with E-state index in [-0.39, 0.29) is 11.7 Å². The Hall–Kier alpha value is -2.70. The number of halogens is 1. The van der Waals surface area contributed by atoms with E-state index >= 15 is 0 Å². The van der Waals surface area contributed by atoms with Crippen molar-refractivity contribution in [1.29, 1.82) is 0 Å². The first kappa shape index (κ1) is 20.0. The standard InChI is InChI=1S/C21H28FN5O/c1-15(2)8-9-23-21-24-16(3)14-19(25-21)20(28)27-12-10-26(11-13-27)18-6-4-17(22)5-7-18/h4-7,14-15H,8-13H2,1-3H3,(H,23,24,25). The molecule has 0 aliphatic carbocycles. The number of hydrogen-bond donors (Lipinski definition) is 1. The van der Waals surface area contributed by atoms with Gasteiger partial charge in [-0.05, 0) is 49.6 Å². The summed E-state index contributed by atoms with van der Waals surface area (Å²) in [6.07, 6.45) is 1.02. The van der Waals surface area contributed by atoms with E-state index < -0.39 is 0 Å². The molecule has 7 heteroatoms. The van der Waals surface area contributed by atoms with E-state index in [0.29, 0.717) is 43.7 Å². The molecule has 0 saturated carbocycles. The summed E-state index contributed by atoms with van der Waals surface area (Å²) in [6.45, 7) is 9.62. The van der Waals surface area contributed by atoms with Crippen molar-refractivity contribution in [3.05, 3.63) is 47.5 Å². The second kappa shape index (κ2) is 8.99. The Bertz CT molecular complexity index is 801. The number of carbonyl (C=O) groups excluding carboxylic acids is 1. The van der Waals surface area contributed by atoms with Crippen LogP contribution in [-0.4, -0.2) is 53.5 Å². The third-order valence-electron chi connectivity index (χ3n) is 4.84. The fourth-order valence-electron chi connectivity index (χ4n) is 3.21. The Morgan fingerprint density at radius 1 is 1.14 bits per heavy atom. The average Bonchev–Trinajstić information content (AvgIpc) is 2.67. The molecule has 0 radical (unpaired) electrons. The maximum Gasteiger partial charge on any atom is 0.272 e. The minimum absolute atomic E-state index is 0.0730. The van der Waals surface area contributed by atoms with Crippen molar-refractivity contribution in [3.63, 3.8) is 0 Å². The number of amides is 1. The van der Waals surface area contributed by atoms with Gasteiger partial charge < -0.3 is 15.1 Å². The molecule has 1 saturated heterocycles. The van der Waals surface area contributed by atoms with Gasteiger partial charge in [-0.3, -0.25) is 4.79 Å². The second-order valence-corrected chi connectivity index (χ2v) is 7.58. The first-order valence-electron chi connectivity index (χ1n) is 9.81. The highest BCUT2D eigenvalue weighted by Crippen LogP contribution is 2.18. The van der Waals surface area contributed by atoms with Crippen LogP contribution in [0.1, 0.15) is 36.5 Å². The van der Waals surface area contributed by atoms with Gasteiger partial charge in [-0.1, -0.05) is 13.8 Å². The molecule has 2 aromatic rings. The summed E-state index contributed by atoms with van der Waals surface area (Å²) in [5, 5.41) is 3.22. The molecule has 28 heavy (non-hydrogen) atoms. The number of benzene rings is 1. The quantitative estimate of drug-likeness (QED) is 0.826. The Morgan fingerprint density at radius 2 is 1.82 bits per heavy atom. The average molecular weight is 385 g/mol. The molecule has 1 N–H and O–H groups in total. The Balaban J connectivity index is 1.61. The van der Waals surface area contributed by atoms with E-state index in [1.54, 1.807) is 18.2 Å². The van der Waals surface area contributed by atoms with Gasteiger partial charge in [-0.15, -0.1) is 0 Å². The van der Waals surface area contributed by atoms with E-state index in [4.69, 9.17) is 0 Å². The Kier molecular flexibility index (Phi) is 6.44. The molecule has 1 aromatic carbocycles. The van der Waals surface area contributed by atoms with E-state index in [1.807, 2.05) is 11.8 Å². The van der Waals surface area contributed by atoms with Crippen LogP contribution in [0.4, 0.5) is 16.0 Å².